The topological polar surface area (TPSA) is 40.6 Å². The van der Waals surface area contributed by atoms with Gasteiger partial charge in [-0.2, -0.15) is 0 Å². The summed E-state index contributed by atoms with van der Waals surface area (Å²) in [7, 11) is 0. The summed E-state index contributed by atoms with van der Waals surface area (Å²) in [6, 6.07) is 14.1. The molecular formula is C20H19FN2O2S. The van der Waals surface area contributed by atoms with Gasteiger partial charge < -0.3 is 9.80 Å². The Labute approximate surface area is 156 Å². The lowest BCUT2D eigenvalue weighted by Crippen LogP contribution is -2.38. The van der Waals surface area contributed by atoms with E-state index in [9.17, 15) is 14.0 Å². The second kappa shape index (κ2) is 7.11. The van der Waals surface area contributed by atoms with Gasteiger partial charge in [0.1, 0.15) is 5.82 Å². The number of nitrogens with zero attached hydrogens (tertiary/aromatic N) is 2. The van der Waals surface area contributed by atoms with E-state index in [0.717, 1.165) is 22.8 Å². The summed E-state index contributed by atoms with van der Waals surface area (Å²) in [6.07, 6.45) is 1.03. The smallest absolute Gasteiger partial charge is 0.232 e. The molecule has 0 N–H and O–H groups in total. The van der Waals surface area contributed by atoms with Gasteiger partial charge in [0.15, 0.2) is 0 Å². The lowest BCUT2D eigenvalue weighted by atomic mass is 10.1. The molecule has 0 aliphatic carbocycles. The predicted molar refractivity (Wildman–Crippen MR) is 101 cm³/mol. The van der Waals surface area contributed by atoms with Crippen molar-refractivity contribution in [2.75, 3.05) is 28.6 Å². The molecule has 0 bridgehead atoms. The maximum atomic E-state index is 14.1. The first-order valence-electron chi connectivity index (χ1n) is 8.73. The second-order valence-corrected chi connectivity index (χ2v) is 7.65. The van der Waals surface area contributed by atoms with E-state index < -0.39 is 11.7 Å². The van der Waals surface area contributed by atoms with Gasteiger partial charge >= 0.3 is 0 Å². The number of amides is 2. The van der Waals surface area contributed by atoms with E-state index in [1.165, 1.54) is 11.0 Å². The van der Waals surface area contributed by atoms with Gasteiger partial charge in [0.05, 0.1) is 17.3 Å². The van der Waals surface area contributed by atoms with E-state index >= 15 is 0 Å². The summed E-state index contributed by atoms with van der Waals surface area (Å²) < 4.78 is 14.1. The Morgan fingerprint density at radius 1 is 1.08 bits per heavy atom. The van der Waals surface area contributed by atoms with Crippen LogP contribution in [0.2, 0.25) is 0 Å². The SMILES string of the molecule is O=C1C[C@H](C(=O)N2CCCSc3ccccc32)CN1c1ccccc1F. The van der Waals surface area contributed by atoms with Crippen molar-refractivity contribution in [3.05, 3.63) is 54.3 Å². The fourth-order valence-electron chi connectivity index (χ4n) is 3.55. The van der Waals surface area contributed by atoms with Crippen molar-refractivity contribution in [1.82, 2.24) is 0 Å². The number of benzene rings is 2. The molecule has 0 unspecified atom stereocenters. The molecule has 0 spiro atoms. The molecule has 2 aromatic carbocycles. The number of halogens is 1. The zero-order valence-electron chi connectivity index (χ0n) is 14.2. The number of fused-ring (bicyclic) bond motifs is 1. The van der Waals surface area contributed by atoms with E-state index in [4.69, 9.17) is 0 Å². The summed E-state index contributed by atoms with van der Waals surface area (Å²) in [4.78, 5) is 29.9. The van der Waals surface area contributed by atoms with Gasteiger partial charge in [0.25, 0.3) is 0 Å². The average molecular weight is 370 g/mol. The van der Waals surface area contributed by atoms with Crippen LogP contribution in [-0.4, -0.2) is 30.7 Å². The minimum atomic E-state index is -0.446. The Kier molecular flexibility index (Phi) is 4.68. The maximum Gasteiger partial charge on any atom is 0.232 e. The fraction of sp³-hybridized carbons (Fsp3) is 0.300. The van der Waals surface area contributed by atoms with Gasteiger partial charge in [-0.15, -0.1) is 11.8 Å². The van der Waals surface area contributed by atoms with E-state index in [2.05, 4.69) is 0 Å². The van der Waals surface area contributed by atoms with Crippen LogP contribution in [0.3, 0.4) is 0 Å². The average Bonchev–Trinajstić information content (AvgIpc) is 2.91. The lowest BCUT2D eigenvalue weighted by Gasteiger charge is -2.25. The first-order chi connectivity index (χ1) is 12.6. The minimum Gasteiger partial charge on any atom is -0.311 e. The van der Waals surface area contributed by atoms with Crippen LogP contribution in [0.1, 0.15) is 12.8 Å². The van der Waals surface area contributed by atoms with Crippen LogP contribution in [0.25, 0.3) is 0 Å². The summed E-state index contributed by atoms with van der Waals surface area (Å²) in [5.41, 5.74) is 1.16. The molecule has 0 saturated carbocycles. The number of carbonyl (C=O) groups excluding carboxylic acids is 2. The summed E-state index contributed by atoms with van der Waals surface area (Å²) >= 11 is 1.75. The Hall–Kier alpha value is -2.34. The lowest BCUT2D eigenvalue weighted by molar-refractivity contribution is -0.124. The van der Waals surface area contributed by atoms with Crippen LogP contribution in [0, 0.1) is 11.7 Å². The van der Waals surface area contributed by atoms with E-state index in [0.29, 0.717) is 6.54 Å². The molecule has 134 valence electrons. The molecule has 26 heavy (non-hydrogen) atoms. The number of thioether (sulfide) groups is 1. The monoisotopic (exact) mass is 370 g/mol. The van der Waals surface area contributed by atoms with E-state index in [1.807, 2.05) is 24.3 Å². The third-order valence-electron chi connectivity index (χ3n) is 4.82. The maximum absolute atomic E-state index is 14.1. The Morgan fingerprint density at radius 2 is 1.81 bits per heavy atom. The van der Waals surface area contributed by atoms with Crippen molar-refractivity contribution in [1.29, 1.82) is 0 Å². The summed E-state index contributed by atoms with van der Waals surface area (Å²) in [5, 5.41) is 0. The van der Waals surface area contributed by atoms with Crippen molar-refractivity contribution >= 4 is 35.0 Å². The molecule has 1 saturated heterocycles. The number of hydrogen-bond donors (Lipinski definition) is 0. The molecule has 4 nitrogen and oxygen atoms in total. The molecule has 2 aliphatic heterocycles. The second-order valence-electron chi connectivity index (χ2n) is 6.52. The van der Waals surface area contributed by atoms with E-state index in [-0.39, 0.29) is 30.5 Å². The van der Waals surface area contributed by atoms with Gasteiger partial charge in [-0.3, -0.25) is 9.59 Å². The van der Waals surface area contributed by atoms with Gasteiger partial charge in [-0.25, -0.2) is 4.39 Å². The fourth-order valence-corrected chi connectivity index (χ4v) is 4.55. The molecule has 0 radical (unpaired) electrons. The normalized spacial score (nSPS) is 20.0. The first kappa shape index (κ1) is 17.1. The van der Waals surface area contributed by atoms with Gasteiger partial charge in [-0.1, -0.05) is 24.3 Å². The summed E-state index contributed by atoms with van der Waals surface area (Å²) in [6.45, 7) is 0.873. The van der Waals surface area contributed by atoms with Crippen molar-refractivity contribution < 1.29 is 14.0 Å². The van der Waals surface area contributed by atoms with Crippen LogP contribution >= 0.6 is 11.8 Å². The van der Waals surface area contributed by atoms with Crippen LogP contribution in [-0.2, 0) is 9.59 Å². The Balaban J connectivity index is 1.58. The molecule has 2 aromatic rings. The van der Waals surface area contributed by atoms with Crippen molar-refractivity contribution in [3.8, 4) is 0 Å². The minimum absolute atomic E-state index is 0.0489. The number of rotatable bonds is 2. The number of anilines is 2. The molecule has 2 amide bonds. The highest BCUT2D eigenvalue weighted by Gasteiger charge is 2.39. The standard InChI is InChI=1S/C20H19FN2O2S/c21-15-6-1-2-7-16(15)23-13-14(12-19(23)24)20(25)22-10-5-11-26-18-9-4-3-8-17(18)22/h1-4,6-9,14H,5,10-13H2/t14-/m0/s1. The molecule has 2 aliphatic rings. The van der Waals surface area contributed by atoms with Gasteiger partial charge in [0.2, 0.25) is 11.8 Å². The highest BCUT2D eigenvalue weighted by Crippen LogP contribution is 2.36. The van der Waals surface area contributed by atoms with E-state index in [1.54, 1.807) is 34.9 Å². The van der Waals surface area contributed by atoms with Crippen LogP contribution < -0.4 is 9.80 Å². The molecule has 4 rings (SSSR count). The predicted octanol–water partition coefficient (Wildman–Crippen LogP) is 3.71. The van der Waals surface area contributed by atoms with Gasteiger partial charge in [0, 0.05) is 24.4 Å². The third-order valence-corrected chi connectivity index (χ3v) is 5.97. The molecular weight excluding hydrogens is 351 g/mol. The molecule has 0 aromatic heterocycles. The highest BCUT2D eigenvalue weighted by molar-refractivity contribution is 7.99. The highest BCUT2D eigenvalue weighted by atomic mass is 32.2. The molecule has 1 fully saturated rings. The molecule has 1 atom stereocenters. The number of para-hydroxylation sites is 2. The van der Waals surface area contributed by atoms with Crippen LogP contribution in [0.5, 0.6) is 0 Å². The molecule has 2 heterocycles. The van der Waals surface area contributed by atoms with Crippen LogP contribution in [0.15, 0.2) is 53.4 Å². The van der Waals surface area contributed by atoms with Crippen molar-refractivity contribution in [2.45, 2.75) is 17.7 Å². The van der Waals surface area contributed by atoms with Crippen molar-refractivity contribution in [2.24, 2.45) is 5.92 Å². The summed E-state index contributed by atoms with van der Waals surface area (Å²) in [5.74, 6) is -0.173. The Bertz CT molecular complexity index is 857. The Morgan fingerprint density at radius 3 is 2.62 bits per heavy atom. The number of carbonyl (C=O) groups is 2. The molecule has 6 heteroatoms. The largest absolute Gasteiger partial charge is 0.311 e. The van der Waals surface area contributed by atoms with Crippen molar-refractivity contribution in [3.63, 3.8) is 0 Å². The quantitative estimate of drug-likeness (QED) is 0.809. The first-order valence-corrected chi connectivity index (χ1v) is 9.72. The third kappa shape index (κ3) is 3.09. The van der Waals surface area contributed by atoms with Crippen LogP contribution in [0.4, 0.5) is 15.8 Å². The zero-order chi connectivity index (χ0) is 18.1. The zero-order valence-corrected chi connectivity index (χ0v) is 15.0. The van der Waals surface area contributed by atoms with Gasteiger partial charge in [-0.05, 0) is 36.4 Å². The number of hydrogen-bond acceptors (Lipinski definition) is 3.